The van der Waals surface area contributed by atoms with Crippen molar-refractivity contribution in [3.8, 4) is 0 Å². The Balaban J connectivity index is -0.00000171. The third-order valence-corrected chi connectivity index (χ3v) is 8.40. The number of cyclic esters (lactones) is 2. The van der Waals surface area contributed by atoms with Gasteiger partial charge in [0.2, 0.25) is 0 Å². The topological polar surface area (TPSA) is 69.7 Å². The molecule has 1 saturated heterocycles. The average molecular weight is 501 g/mol. The van der Waals surface area contributed by atoms with E-state index in [1.807, 2.05) is 13.8 Å². The van der Waals surface area contributed by atoms with Crippen LogP contribution in [-0.4, -0.2) is 23.5 Å². The summed E-state index contributed by atoms with van der Waals surface area (Å²) in [5.41, 5.74) is -1.56. The van der Waals surface area contributed by atoms with E-state index in [4.69, 9.17) is 9.47 Å². The van der Waals surface area contributed by atoms with Gasteiger partial charge in [-0.1, -0.05) is 58.4 Å². The first-order chi connectivity index (χ1) is 13.5. The predicted molar refractivity (Wildman–Crippen MR) is 148 cm³/mol. The molecule has 5 heteroatoms. The Kier molecular flexibility index (Phi) is 14.4. The van der Waals surface area contributed by atoms with Gasteiger partial charge in [0.1, 0.15) is 5.60 Å². The van der Waals surface area contributed by atoms with Gasteiger partial charge in [0.25, 0.3) is 0 Å². The molecule has 0 radical (unpaired) electrons. The van der Waals surface area contributed by atoms with E-state index in [0.717, 1.165) is 37.0 Å². The zero-order chi connectivity index (χ0) is 21.0. The van der Waals surface area contributed by atoms with E-state index in [2.05, 4.69) is 6.92 Å². The van der Waals surface area contributed by atoms with E-state index in [1.165, 1.54) is 19.3 Å². The molecule has 0 aromatic rings. The standard InChI is InChI=1S/C24H36O5.6CH4/c1-5-22(3,9-15(2)10-23(4)14-19(25)28-20(23)26)21(27)29-24-11-16-6-17(12-24)8-18(7-16)13-24;;;;;;/h15-18H,5-14H2,1-4H3;6*1H4. The molecule has 210 valence electrons. The second-order valence-corrected chi connectivity index (χ2v) is 11.4. The van der Waals surface area contributed by atoms with Crippen LogP contribution in [0.4, 0.5) is 0 Å². The largest absolute Gasteiger partial charge is 0.459 e. The van der Waals surface area contributed by atoms with Crippen LogP contribution in [0.15, 0.2) is 0 Å². The van der Waals surface area contributed by atoms with Gasteiger partial charge in [-0.05, 0) is 95.3 Å². The van der Waals surface area contributed by atoms with Crippen LogP contribution < -0.4 is 0 Å². The van der Waals surface area contributed by atoms with Crippen molar-refractivity contribution in [2.45, 2.75) is 142 Å². The fourth-order valence-corrected chi connectivity index (χ4v) is 7.27. The maximum absolute atomic E-state index is 13.4. The maximum atomic E-state index is 13.4. The van der Waals surface area contributed by atoms with Crippen molar-refractivity contribution in [3.05, 3.63) is 0 Å². The van der Waals surface area contributed by atoms with Gasteiger partial charge in [0.05, 0.1) is 17.3 Å². The summed E-state index contributed by atoms with van der Waals surface area (Å²) in [6, 6.07) is 0. The van der Waals surface area contributed by atoms with E-state index in [-0.39, 0.29) is 68.5 Å². The van der Waals surface area contributed by atoms with Gasteiger partial charge in [0, 0.05) is 0 Å². The highest BCUT2D eigenvalue weighted by Gasteiger charge is 2.54. The first-order valence-corrected chi connectivity index (χ1v) is 11.5. The Morgan fingerprint density at radius 2 is 1.46 bits per heavy atom. The minimum absolute atomic E-state index is 0. The van der Waals surface area contributed by atoms with Crippen molar-refractivity contribution < 1.29 is 23.9 Å². The number of rotatable bonds is 7. The Morgan fingerprint density at radius 1 is 1.00 bits per heavy atom. The van der Waals surface area contributed by atoms with Crippen LogP contribution in [0.25, 0.3) is 0 Å². The second kappa shape index (κ2) is 13.2. The molecule has 0 aromatic heterocycles. The average Bonchev–Trinajstić information content (AvgIpc) is 2.84. The highest BCUT2D eigenvalue weighted by atomic mass is 16.6. The number of hydrogen-bond acceptors (Lipinski definition) is 5. The van der Waals surface area contributed by atoms with E-state index < -0.39 is 22.8 Å². The first kappa shape index (κ1) is 38.1. The van der Waals surface area contributed by atoms with Crippen molar-refractivity contribution in [2.75, 3.05) is 0 Å². The molecule has 35 heavy (non-hydrogen) atoms. The number of ether oxygens (including phenoxy) is 2. The SMILES string of the molecule is C.C.C.C.C.C.CCC(C)(CC(C)CC1(C)CC(=O)OC1=O)C(=O)OC12CC3CC(CC(C3)C1)C2. The number of carbonyl (C=O) groups is 3. The summed E-state index contributed by atoms with van der Waals surface area (Å²) in [6.45, 7) is 7.91. The molecule has 1 heterocycles. The molecule has 5 fully saturated rings. The molecular weight excluding hydrogens is 440 g/mol. The maximum Gasteiger partial charge on any atom is 0.320 e. The molecule has 5 aliphatic rings. The van der Waals surface area contributed by atoms with E-state index in [9.17, 15) is 14.4 Å². The fraction of sp³-hybridized carbons (Fsp3) is 0.900. The lowest BCUT2D eigenvalue weighted by Crippen LogP contribution is -2.54. The third kappa shape index (κ3) is 7.32. The molecule has 3 atom stereocenters. The Bertz CT molecular complexity index is 678. The molecule has 4 bridgehead atoms. The van der Waals surface area contributed by atoms with Crippen LogP contribution in [0, 0.1) is 34.5 Å². The zero-order valence-electron chi connectivity index (χ0n) is 18.4. The van der Waals surface area contributed by atoms with Gasteiger partial charge < -0.3 is 9.47 Å². The van der Waals surface area contributed by atoms with Gasteiger partial charge >= 0.3 is 17.9 Å². The van der Waals surface area contributed by atoms with E-state index in [0.29, 0.717) is 19.3 Å². The lowest BCUT2D eigenvalue weighted by atomic mass is 9.54. The van der Waals surface area contributed by atoms with E-state index in [1.54, 1.807) is 6.92 Å². The van der Waals surface area contributed by atoms with Crippen molar-refractivity contribution >= 4 is 17.9 Å². The van der Waals surface area contributed by atoms with Crippen LogP contribution in [0.2, 0.25) is 0 Å². The number of carbonyl (C=O) groups excluding carboxylic acids is 3. The second-order valence-electron chi connectivity index (χ2n) is 11.4. The summed E-state index contributed by atoms with van der Waals surface area (Å²) in [6.07, 6.45) is 9.18. The summed E-state index contributed by atoms with van der Waals surface area (Å²) in [4.78, 5) is 37.0. The summed E-state index contributed by atoms with van der Waals surface area (Å²) < 4.78 is 11.1. The highest BCUT2D eigenvalue weighted by molar-refractivity contribution is 5.97. The summed E-state index contributed by atoms with van der Waals surface area (Å²) >= 11 is 0. The highest BCUT2D eigenvalue weighted by Crippen LogP contribution is 2.57. The lowest BCUT2D eigenvalue weighted by molar-refractivity contribution is -0.197. The fourth-order valence-electron chi connectivity index (χ4n) is 7.27. The summed E-state index contributed by atoms with van der Waals surface area (Å²) in [5.74, 6) is 1.41. The van der Waals surface area contributed by atoms with Crippen LogP contribution in [0.3, 0.4) is 0 Å². The number of esters is 3. The summed E-state index contributed by atoms with van der Waals surface area (Å²) in [5, 5.41) is 0. The van der Waals surface area contributed by atoms with Gasteiger partial charge in [-0.25, -0.2) is 0 Å². The zero-order valence-corrected chi connectivity index (χ0v) is 18.4. The third-order valence-electron chi connectivity index (χ3n) is 8.40. The van der Waals surface area contributed by atoms with E-state index >= 15 is 0 Å². The molecule has 5 rings (SSSR count). The Hall–Kier alpha value is -1.39. The minimum atomic E-state index is -0.769. The van der Waals surface area contributed by atoms with Crippen LogP contribution in [0.5, 0.6) is 0 Å². The van der Waals surface area contributed by atoms with Gasteiger partial charge in [-0.2, -0.15) is 0 Å². The van der Waals surface area contributed by atoms with Crippen molar-refractivity contribution in [1.29, 1.82) is 0 Å². The molecule has 5 nitrogen and oxygen atoms in total. The minimum Gasteiger partial charge on any atom is -0.459 e. The molecule has 4 aliphatic carbocycles. The van der Waals surface area contributed by atoms with Crippen molar-refractivity contribution in [3.63, 3.8) is 0 Å². The van der Waals surface area contributed by atoms with Gasteiger partial charge in [-0.15, -0.1) is 0 Å². The Morgan fingerprint density at radius 3 is 1.83 bits per heavy atom. The molecule has 0 amide bonds. The van der Waals surface area contributed by atoms with Gasteiger partial charge in [-0.3, -0.25) is 14.4 Å². The quantitative estimate of drug-likeness (QED) is 0.258. The Labute approximate surface area is 218 Å². The molecule has 0 spiro atoms. The van der Waals surface area contributed by atoms with Crippen molar-refractivity contribution in [2.24, 2.45) is 34.5 Å². The van der Waals surface area contributed by atoms with Crippen molar-refractivity contribution in [1.82, 2.24) is 0 Å². The molecule has 0 N–H and O–H groups in total. The van der Waals surface area contributed by atoms with Crippen LogP contribution in [0.1, 0.15) is 136 Å². The number of hydrogen-bond donors (Lipinski definition) is 0. The smallest absolute Gasteiger partial charge is 0.320 e. The molecular formula is C30H60O5. The molecule has 3 unspecified atom stereocenters. The normalized spacial score (nSPS) is 34.1. The van der Waals surface area contributed by atoms with Crippen LogP contribution in [-0.2, 0) is 23.9 Å². The monoisotopic (exact) mass is 500 g/mol. The first-order valence-electron chi connectivity index (χ1n) is 11.5. The molecule has 0 aromatic carbocycles. The lowest BCUT2D eigenvalue weighted by Gasteiger charge is -2.56. The predicted octanol–water partition coefficient (Wildman–Crippen LogP) is 8.63. The summed E-state index contributed by atoms with van der Waals surface area (Å²) in [7, 11) is 0. The van der Waals surface area contributed by atoms with Gasteiger partial charge in [0.15, 0.2) is 0 Å². The molecule has 1 aliphatic heterocycles. The molecule has 4 saturated carbocycles. The van der Waals surface area contributed by atoms with Crippen LogP contribution >= 0.6 is 0 Å².